The highest BCUT2D eigenvalue weighted by Crippen LogP contribution is 2.19. The smallest absolute Gasteiger partial charge is 0.206 e. The number of sulfone groups is 1. The zero-order valence-electron chi connectivity index (χ0n) is 8.89. The Bertz CT molecular complexity index is 490. The first-order valence-electron chi connectivity index (χ1n) is 4.76. The zero-order chi connectivity index (χ0) is 12.7. The van der Waals surface area contributed by atoms with Crippen LogP contribution >= 0.6 is 0 Å². The standard InChI is InChI=1S/C12H10O2S.H2O2/c13-15(14,11-7-3-1-4-8-11)12-9-5-2-6-10-12;1-2/h1-10H;1-2H. The quantitative estimate of drug-likeness (QED) is 0.636. The van der Waals surface area contributed by atoms with E-state index in [1.54, 1.807) is 60.7 Å². The van der Waals surface area contributed by atoms with E-state index in [-0.39, 0.29) is 0 Å². The molecule has 2 rings (SSSR count). The van der Waals surface area contributed by atoms with Crippen molar-refractivity contribution in [2.24, 2.45) is 0 Å². The van der Waals surface area contributed by atoms with Crippen LogP contribution in [0.2, 0.25) is 0 Å². The zero-order valence-corrected chi connectivity index (χ0v) is 9.71. The van der Waals surface area contributed by atoms with Crippen molar-refractivity contribution in [1.29, 1.82) is 0 Å². The molecule has 0 radical (unpaired) electrons. The van der Waals surface area contributed by atoms with Crippen LogP contribution in [0.4, 0.5) is 0 Å². The molecule has 0 spiro atoms. The molecule has 0 fully saturated rings. The highest BCUT2D eigenvalue weighted by Gasteiger charge is 2.15. The van der Waals surface area contributed by atoms with E-state index in [0.717, 1.165) is 0 Å². The summed E-state index contributed by atoms with van der Waals surface area (Å²) in [5, 5.41) is 12.0. The Kier molecular flexibility index (Phi) is 4.84. The lowest BCUT2D eigenvalue weighted by Crippen LogP contribution is -2.00. The molecule has 17 heavy (non-hydrogen) atoms. The van der Waals surface area contributed by atoms with E-state index in [4.69, 9.17) is 10.5 Å². The Labute approximate surface area is 99.6 Å². The maximum atomic E-state index is 12.0. The minimum absolute atomic E-state index is 0.330. The van der Waals surface area contributed by atoms with Crippen LogP contribution in [0, 0.1) is 0 Å². The van der Waals surface area contributed by atoms with Crippen LogP contribution in [-0.4, -0.2) is 18.9 Å². The fourth-order valence-corrected chi connectivity index (χ4v) is 2.64. The largest absolute Gasteiger partial charge is 0.255 e. The normalized spacial score (nSPS) is 10.2. The van der Waals surface area contributed by atoms with Crippen molar-refractivity contribution < 1.29 is 18.9 Å². The van der Waals surface area contributed by atoms with Gasteiger partial charge in [0.15, 0.2) is 0 Å². The van der Waals surface area contributed by atoms with Crippen molar-refractivity contribution in [3.8, 4) is 0 Å². The van der Waals surface area contributed by atoms with Gasteiger partial charge in [-0.25, -0.2) is 8.42 Å². The summed E-state index contributed by atoms with van der Waals surface area (Å²) in [4.78, 5) is 0.660. The summed E-state index contributed by atoms with van der Waals surface area (Å²) in [5.41, 5.74) is 0. The molecule has 0 saturated heterocycles. The van der Waals surface area contributed by atoms with Gasteiger partial charge in [0.2, 0.25) is 9.84 Å². The second-order valence-electron chi connectivity index (χ2n) is 3.13. The molecule has 2 aromatic rings. The second-order valence-corrected chi connectivity index (χ2v) is 5.08. The predicted octanol–water partition coefficient (Wildman–Crippen LogP) is 2.54. The highest BCUT2D eigenvalue weighted by molar-refractivity contribution is 7.91. The number of rotatable bonds is 2. The molecular weight excluding hydrogens is 240 g/mol. The highest BCUT2D eigenvalue weighted by atomic mass is 32.2. The summed E-state index contributed by atoms with van der Waals surface area (Å²) in [7, 11) is -3.34. The lowest BCUT2D eigenvalue weighted by molar-refractivity contribution is -0.176. The summed E-state index contributed by atoms with van der Waals surface area (Å²) in [6.07, 6.45) is 0. The topological polar surface area (TPSA) is 74.6 Å². The molecule has 0 atom stereocenters. The van der Waals surface area contributed by atoms with Gasteiger partial charge >= 0.3 is 0 Å². The lowest BCUT2D eigenvalue weighted by atomic mass is 10.4. The van der Waals surface area contributed by atoms with Crippen molar-refractivity contribution >= 4 is 9.84 Å². The van der Waals surface area contributed by atoms with E-state index in [9.17, 15) is 8.42 Å². The number of benzene rings is 2. The van der Waals surface area contributed by atoms with Crippen LogP contribution in [0.25, 0.3) is 0 Å². The summed E-state index contributed by atoms with van der Waals surface area (Å²) < 4.78 is 24.1. The fraction of sp³-hybridized carbons (Fsp3) is 0. The molecule has 0 bridgehead atoms. The van der Waals surface area contributed by atoms with Gasteiger partial charge in [-0.15, -0.1) is 0 Å². The SMILES string of the molecule is O=S(=O)(c1ccccc1)c1ccccc1.OO. The van der Waals surface area contributed by atoms with Crippen LogP contribution in [0.3, 0.4) is 0 Å². The Balaban J connectivity index is 0.000000686. The Hall–Kier alpha value is -1.69. The van der Waals surface area contributed by atoms with Gasteiger partial charge in [-0.05, 0) is 24.3 Å². The fourth-order valence-electron chi connectivity index (χ4n) is 1.34. The molecule has 0 heterocycles. The van der Waals surface area contributed by atoms with Crippen LogP contribution in [-0.2, 0) is 9.84 Å². The maximum absolute atomic E-state index is 12.0. The molecule has 2 N–H and O–H groups in total. The van der Waals surface area contributed by atoms with Gasteiger partial charge in [-0.3, -0.25) is 10.5 Å². The van der Waals surface area contributed by atoms with E-state index >= 15 is 0 Å². The third-order valence-corrected chi connectivity index (χ3v) is 3.89. The monoisotopic (exact) mass is 252 g/mol. The predicted molar refractivity (Wildman–Crippen MR) is 63.6 cm³/mol. The number of hydrogen-bond donors (Lipinski definition) is 2. The van der Waals surface area contributed by atoms with Crippen molar-refractivity contribution in [1.82, 2.24) is 0 Å². The molecule has 0 aliphatic heterocycles. The van der Waals surface area contributed by atoms with Gasteiger partial charge in [0.1, 0.15) is 0 Å². The van der Waals surface area contributed by atoms with Crippen molar-refractivity contribution in [2.75, 3.05) is 0 Å². The molecule has 0 aromatic heterocycles. The van der Waals surface area contributed by atoms with Gasteiger partial charge in [0, 0.05) is 0 Å². The lowest BCUT2D eigenvalue weighted by Gasteiger charge is -2.03. The molecule has 0 unspecified atom stereocenters. The van der Waals surface area contributed by atoms with E-state index in [1.807, 2.05) is 0 Å². The molecule has 2 aromatic carbocycles. The molecule has 0 aliphatic rings. The summed E-state index contributed by atoms with van der Waals surface area (Å²) >= 11 is 0. The van der Waals surface area contributed by atoms with Gasteiger partial charge in [0.25, 0.3) is 0 Å². The minimum atomic E-state index is -3.34. The van der Waals surface area contributed by atoms with Crippen LogP contribution in [0.5, 0.6) is 0 Å². The van der Waals surface area contributed by atoms with Crippen molar-refractivity contribution in [3.63, 3.8) is 0 Å². The molecule has 90 valence electrons. The third kappa shape index (κ3) is 3.13. The third-order valence-electron chi connectivity index (χ3n) is 2.11. The van der Waals surface area contributed by atoms with Gasteiger partial charge < -0.3 is 0 Å². The molecule has 0 amide bonds. The molecule has 5 heteroatoms. The van der Waals surface area contributed by atoms with Crippen LogP contribution in [0.15, 0.2) is 70.5 Å². The van der Waals surface area contributed by atoms with Gasteiger partial charge in [-0.2, -0.15) is 0 Å². The molecule has 4 nitrogen and oxygen atoms in total. The van der Waals surface area contributed by atoms with Crippen LogP contribution < -0.4 is 0 Å². The maximum Gasteiger partial charge on any atom is 0.206 e. The molecule has 0 aliphatic carbocycles. The summed E-state index contributed by atoms with van der Waals surface area (Å²) in [5.74, 6) is 0. The average Bonchev–Trinajstić information content (AvgIpc) is 2.43. The first kappa shape index (κ1) is 13.4. The van der Waals surface area contributed by atoms with E-state index in [1.165, 1.54) is 0 Å². The first-order valence-corrected chi connectivity index (χ1v) is 6.25. The Morgan fingerprint density at radius 2 is 0.941 bits per heavy atom. The second kappa shape index (κ2) is 6.15. The van der Waals surface area contributed by atoms with E-state index in [0.29, 0.717) is 9.79 Å². The van der Waals surface area contributed by atoms with Gasteiger partial charge in [-0.1, -0.05) is 36.4 Å². The van der Waals surface area contributed by atoms with Gasteiger partial charge in [0.05, 0.1) is 9.79 Å². The summed E-state index contributed by atoms with van der Waals surface area (Å²) in [6, 6.07) is 16.9. The molecule has 0 saturated carbocycles. The molecular formula is C12H12O4S. The van der Waals surface area contributed by atoms with Crippen LogP contribution in [0.1, 0.15) is 0 Å². The minimum Gasteiger partial charge on any atom is -0.255 e. The van der Waals surface area contributed by atoms with E-state index < -0.39 is 9.84 Å². The van der Waals surface area contributed by atoms with Crippen molar-refractivity contribution in [2.45, 2.75) is 9.79 Å². The average molecular weight is 252 g/mol. The van der Waals surface area contributed by atoms with E-state index in [2.05, 4.69) is 0 Å². The first-order chi connectivity index (χ1) is 8.21. The Morgan fingerprint density at radius 1 is 0.647 bits per heavy atom. The number of hydrogen-bond acceptors (Lipinski definition) is 4. The Morgan fingerprint density at radius 3 is 1.24 bits per heavy atom. The van der Waals surface area contributed by atoms with Crippen molar-refractivity contribution in [3.05, 3.63) is 60.7 Å². The summed E-state index contributed by atoms with van der Waals surface area (Å²) in [6.45, 7) is 0.